The van der Waals surface area contributed by atoms with Gasteiger partial charge in [-0.15, -0.1) is 0 Å². The maximum Gasteiger partial charge on any atom is 0.197 e. The van der Waals surface area contributed by atoms with Crippen molar-refractivity contribution in [3.05, 3.63) is 171 Å². The summed E-state index contributed by atoms with van der Waals surface area (Å²) in [5.74, 6) is 0. The van der Waals surface area contributed by atoms with Gasteiger partial charge in [0, 0.05) is 39.1 Å². The van der Waals surface area contributed by atoms with Gasteiger partial charge < -0.3 is 10.2 Å². The first-order valence-corrected chi connectivity index (χ1v) is 24.8. The average Bonchev–Trinajstić information content (AvgIpc) is 3.56. The predicted molar refractivity (Wildman–Crippen MR) is 280 cm³/mol. The van der Waals surface area contributed by atoms with Crippen molar-refractivity contribution >= 4 is 46.6 Å². The Morgan fingerprint density at radius 3 is 1.77 bits per heavy atom. The molecule has 7 aromatic carbocycles. The number of anilines is 5. The second kappa shape index (κ2) is 12.8. The average molecular weight is 858 g/mol. The fraction of sp³-hybridized carbons (Fsp3) is 0.333. The first-order chi connectivity index (χ1) is 31.3. The maximum atomic E-state index is 4.09. The number of hydrogen-bond acceptors (Lipinski definition) is 2. The van der Waals surface area contributed by atoms with E-state index in [0.717, 1.165) is 12.1 Å². The van der Waals surface area contributed by atoms with Crippen LogP contribution in [0.4, 0.5) is 28.4 Å². The van der Waals surface area contributed by atoms with E-state index in [0.29, 0.717) is 0 Å². The first kappa shape index (κ1) is 40.5. The Morgan fingerprint density at radius 2 is 1.05 bits per heavy atom. The van der Waals surface area contributed by atoms with Crippen LogP contribution < -0.4 is 21.1 Å². The third-order valence-corrected chi connectivity index (χ3v) is 18.1. The van der Waals surface area contributed by atoms with Crippen LogP contribution in [0.5, 0.6) is 0 Å². The van der Waals surface area contributed by atoms with E-state index in [1.54, 1.807) is 16.7 Å². The maximum absolute atomic E-state index is 4.09. The molecule has 0 aromatic heterocycles. The van der Waals surface area contributed by atoms with Crippen molar-refractivity contribution in [2.24, 2.45) is 0 Å². The van der Waals surface area contributed by atoms with Crippen LogP contribution in [0.2, 0.25) is 0 Å². The molecule has 3 heterocycles. The number of nitrogens with zero attached hydrogens (tertiary/aromatic N) is 1. The van der Waals surface area contributed by atoms with E-state index in [-0.39, 0.29) is 32.5 Å². The van der Waals surface area contributed by atoms with Crippen LogP contribution in [0.25, 0.3) is 33.4 Å². The van der Waals surface area contributed by atoms with Crippen LogP contribution in [-0.2, 0) is 32.5 Å². The lowest BCUT2D eigenvalue weighted by atomic mass is 9.50. The Labute approximate surface area is 394 Å². The Morgan fingerprint density at radius 1 is 0.424 bits per heavy atom. The molecule has 2 nitrogen and oxygen atoms in total. The summed E-state index contributed by atoms with van der Waals surface area (Å²) in [6.45, 7) is 27.6. The van der Waals surface area contributed by atoms with Crippen LogP contribution in [-0.4, -0.2) is 7.28 Å². The van der Waals surface area contributed by atoms with Crippen molar-refractivity contribution in [3.63, 3.8) is 0 Å². The minimum atomic E-state index is -0.345. The topological polar surface area (TPSA) is 15.3 Å². The second-order valence-corrected chi connectivity index (χ2v) is 24.2. The van der Waals surface area contributed by atoms with Crippen LogP contribution in [0, 0.1) is 0 Å². The van der Waals surface area contributed by atoms with Gasteiger partial charge in [0.1, 0.15) is 0 Å². The lowest BCUT2D eigenvalue weighted by molar-refractivity contribution is 0.326. The largest absolute Gasteiger partial charge is 0.355 e. The minimum Gasteiger partial charge on any atom is -0.355 e. The second-order valence-electron chi connectivity index (χ2n) is 24.2. The van der Waals surface area contributed by atoms with Gasteiger partial charge in [0.25, 0.3) is 0 Å². The van der Waals surface area contributed by atoms with Gasteiger partial charge in [0.15, 0.2) is 7.28 Å². The quantitative estimate of drug-likeness (QED) is 0.177. The van der Waals surface area contributed by atoms with Crippen molar-refractivity contribution in [1.82, 2.24) is 0 Å². The molecule has 3 heteroatoms. The number of benzene rings is 7. The van der Waals surface area contributed by atoms with Gasteiger partial charge in [0.05, 0.1) is 5.69 Å². The summed E-state index contributed by atoms with van der Waals surface area (Å²) in [5.41, 5.74) is 30.0. The van der Waals surface area contributed by atoms with Crippen molar-refractivity contribution in [2.75, 3.05) is 10.2 Å². The molecule has 0 fully saturated rings. The molecule has 1 unspecified atom stereocenters. The van der Waals surface area contributed by atoms with Crippen LogP contribution in [0.15, 0.2) is 121 Å². The predicted octanol–water partition coefficient (Wildman–Crippen LogP) is 15.2. The minimum absolute atomic E-state index is 0.0195. The zero-order valence-electron chi connectivity index (χ0n) is 40.9. The standard InChI is InChI=1S/C63H62BN2/c1-58(2)28-29-59(3,4)46-35-50(65-38-26-24-37(25-27-38)36-18-13-12-14-19-36)40(33-45(46)58)42-32-41-39-20-15-16-21-43(39)63(11)51(41)57-54(42)64-49-23-17-22-44-55(49)66(57)56-48(62(44,9)10)34-47-52(53(56)63)61(7,8)31-30-60(47,5)6/h12-27,32-35,65H,28-31H2,1-11H3. The molecule has 6 aliphatic rings. The number of fused-ring (bicyclic) bond motifs is 7. The third kappa shape index (κ3) is 5.10. The molecule has 3 aliphatic heterocycles. The van der Waals surface area contributed by atoms with Crippen LogP contribution in [0.3, 0.4) is 0 Å². The Balaban J connectivity index is 1.14. The summed E-state index contributed by atoms with van der Waals surface area (Å²) in [5, 5.41) is 4.09. The van der Waals surface area contributed by atoms with Gasteiger partial charge in [-0.2, -0.15) is 0 Å². The summed E-state index contributed by atoms with van der Waals surface area (Å²) in [7, 11) is 2.58. The van der Waals surface area contributed by atoms with E-state index in [4.69, 9.17) is 0 Å². The summed E-state index contributed by atoms with van der Waals surface area (Å²) in [4.78, 5) is 2.81. The van der Waals surface area contributed by atoms with Crippen molar-refractivity contribution in [3.8, 4) is 33.4 Å². The highest BCUT2D eigenvalue weighted by atomic mass is 15.2. The molecule has 13 rings (SSSR count). The molecule has 3 aliphatic carbocycles. The SMILES string of the molecule is CC1(C)CCC(C)(C)c2cc(-c3cc4c5c6c3[B]c3cccc7c3N6c3c(cc6c(c3C5(C)c3ccccc3-4)C(C)(C)CCC6(C)C)C7(C)C)c(Nc3ccc(-c4ccccc4)cc3)cc21. The smallest absolute Gasteiger partial charge is 0.197 e. The molecular weight excluding hydrogens is 796 g/mol. The van der Waals surface area contributed by atoms with E-state index in [1.165, 1.54) is 120 Å². The van der Waals surface area contributed by atoms with E-state index in [9.17, 15) is 0 Å². The summed E-state index contributed by atoms with van der Waals surface area (Å²) >= 11 is 0. The summed E-state index contributed by atoms with van der Waals surface area (Å²) < 4.78 is 0. The van der Waals surface area contributed by atoms with Gasteiger partial charge in [-0.05, 0) is 168 Å². The number of hydrogen-bond donors (Lipinski definition) is 1. The number of rotatable bonds is 4. The molecule has 1 atom stereocenters. The van der Waals surface area contributed by atoms with E-state index in [2.05, 4.69) is 215 Å². The lowest BCUT2D eigenvalue weighted by Crippen LogP contribution is -2.51. The zero-order chi connectivity index (χ0) is 45.7. The highest BCUT2D eigenvalue weighted by Crippen LogP contribution is 2.69. The monoisotopic (exact) mass is 858 g/mol. The fourth-order valence-corrected chi connectivity index (χ4v) is 14.1. The van der Waals surface area contributed by atoms with Gasteiger partial charge >= 0.3 is 0 Å². The van der Waals surface area contributed by atoms with Gasteiger partial charge in [-0.1, -0.05) is 166 Å². The molecule has 0 spiro atoms. The Kier molecular flexibility index (Phi) is 7.85. The van der Waals surface area contributed by atoms with E-state index < -0.39 is 0 Å². The Bertz CT molecular complexity index is 3290. The third-order valence-electron chi connectivity index (χ3n) is 18.1. The number of para-hydroxylation sites is 1. The van der Waals surface area contributed by atoms with Gasteiger partial charge in [0.2, 0.25) is 0 Å². The zero-order valence-corrected chi connectivity index (χ0v) is 40.9. The van der Waals surface area contributed by atoms with Crippen molar-refractivity contribution in [1.29, 1.82) is 0 Å². The summed E-state index contributed by atoms with van der Waals surface area (Å²) in [6.07, 6.45) is 4.70. The molecule has 0 bridgehead atoms. The Hall–Kier alpha value is -5.80. The highest BCUT2D eigenvalue weighted by molar-refractivity contribution is 6.73. The van der Waals surface area contributed by atoms with Crippen molar-refractivity contribution in [2.45, 2.75) is 134 Å². The van der Waals surface area contributed by atoms with E-state index >= 15 is 0 Å². The number of nitrogens with one attached hydrogen (secondary N) is 1. The molecule has 7 aromatic rings. The molecule has 1 radical (unpaired) electrons. The summed E-state index contributed by atoms with van der Waals surface area (Å²) in [6, 6.07) is 46.9. The molecule has 0 saturated heterocycles. The molecule has 1 N–H and O–H groups in total. The molecule has 0 saturated carbocycles. The molecule has 327 valence electrons. The van der Waals surface area contributed by atoms with Gasteiger partial charge in [-0.25, -0.2) is 0 Å². The van der Waals surface area contributed by atoms with Crippen LogP contribution >= 0.6 is 0 Å². The first-order valence-electron chi connectivity index (χ1n) is 24.8. The molecule has 66 heavy (non-hydrogen) atoms. The van der Waals surface area contributed by atoms with E-state index in [1.807, 2.05) is 0 Å². The highest BCUT2D eigenvalue weighted by Gasteiger charge is 2.58. The molecule has 0 amide bonds. The molecular formula is C63H62BN2. The fourth-order valence-electron chi connectivity index (χ4n) is 14.1. The normalized spacial score (nSPS) is 21.5. The van der Waals surface area contributed by atoms with Crippen LogP contribution in [0.1, 0.15) is 152 Å². The lowest BCUT2D eigenvalue weighted by Gasteiger charge is -2.56. The van der Waals surface area contributed by atoms with Crippen molar-refractivity contribution < 1.29 is 0 Å². The van der Waals surface area contributed by atoms with Gasteiger partial charge in [-0.3, -0.25) is 0 Å².